The molecule has 1 aromatic carbocycles. The summed E-state index contributed by atoms with van der Waals surface area (Å²) in [4.78, 5) is 10.1. The van der Waals surface area contributed by atoms with E-state index in [2.05, 4.69) is 52.7 Å². The van der Waals surface area contributed by atoms with Crippen molar-refractivity contribution in [3.05, 3.63) is 44.9 Å². The number of guanidine groups is 1. The first-order valence-corrected chi connectivity index (χ1v) is 10.5. The van der Waals surface area contributed by atoms with Crippen LogP contribution in [-0.4, -0.2) is 44.4 Å². The van der Waals surface area contributed by atoms with Crippen LogP contribution < -0.4 is 15.4 Å². The fourth-order valence-corrected chi connectivity index (χ4v) is 3.73. The number of hydrogen-bond acceptors (Lipinski definition) is 5. The summed E-state index contributed by atoms with van der Waals surface area (Å²) in [5.41, 5.74) is 3.40. The lowest BCUT2D eigenvalue weighted by Gasteiger charge is -2.15. The van der Waals surface area contributed by atoms with Gasteiger partial charge in [-0.1, -0.05) is 12.1 Å². The first-order chi connectivity index (χ1) is 13.5. The Kier molecular flexibility index (Phi) is 9.23. The molecule has 0 saturated carbocycles. The average molecular weight is 405 g/mol. The minimum Gasteiger partial charge on any atom is -0.491 e. The maximum absolute atomic E-state index is 5.91. The summed E-state index contributed by atoms with van der Waals surface area (Å²) in [5.74, 6) is 1.66. The highest BCUT2D eigenvalue weighted by molar-refractivity contribution is 7.11. The Hall–Kier alpha value is -2.12. The number of thiazole rings is 1. The number of benzene rings is 1. The first-order valence-electron chi connectivity index (χ1n) is 9.71. The van der Waals surface area contributed by atoms with Gasteiger partial charge in [-0.05, 0) is 39.3 Å². The standard InChI is InChI=1S/C21H32N4O2S/c1-6-26-11-12-27-19-13-15(2)7-8-18(19)14-24-21(22-5)23-10-9-20-16(3)25-17(4)28-20/h7-8,13H,6,9-12,14H2,1-5H3,(H2,22,23,24). The number of rotatable bonds is 10. The molecule has 0 aliphatic rings. The van der Waals surface area contributed by atoms with Gasteiger partial charge in [-0.15, -0.1) is 11.3 Å². The maximum atomic E-state index is 5.91. The smallest absolute Gasteiger partial charge is 0.191 e. The molecule has 7 heteroatoms. The lowest BCUT2D eigenvalue weighted by atomic mass is 10.1. The summed E-state index contributed by atoms with van der Waals surface area (Å²) < 4.78 is 11.3. The fraction of sp³-hybridized carbons (Fsp3) is 0.524. The van der Waals surface area contributed by atoms with Gasteiger partial charge < -0.3 is 20.1 Å². The van der Waals surface area contributed by atoms with Gasteiger partial charge in [-0.3, -0.25) is 4.99 Å². The Morgan fingerprint density at radius 2 is 2.00 bits per heavy atom. The van der Waals surface area contributed by atoms with Crippen LogP contribution >= 0.6 is 11.3 Å². The largest absolute Gasteiger partial charge is 0.491 e. The molecule has 0 saturated heterocycles. The van der Waals surface area contributed by atoms with E-state index in [1.165, 1.54) is 10.4 Å². The van der Waals surface area contributed by atoms with Gasteiger partial charge in [0.05, 0.1) is 17.3 Å². The van der Waals surface area contributed by atoms with Crippen LogP contribution in [0.3, 0.4) is 0 Å². The van der Waals surface area contributed by atoms with Crippen LogP contribution in [0.4, 0.5) is 0 Å². The van der Waals surface area contributed by atoms with Gasteiger partial charge in [0, 0.05) is 43.6 Å². The predicted octanol–water partition coefficient (Wildman–Crippen LogP) is 3.39. The minimum absolute atomic E-state index is 0.547. The Labute approximate surface area is 172 Å². The van der Waals surface area contributed by atoms with E-state index in [9.17, 15) is 0 Å². The molecule has 6 nitrogen and oxygen atoms in total. The SMILES string of the molecule is CCOCCOc1cc(C)ccc1CNC(=NC)NCCc1sc(C)nc1C. The molecular weight excluding hydrogens is 372 g/mol. The van der Waals surface area contributed by atoms with Crippen molar-refractivity contribution in [1.29, 1.82) is 0 Å². The molecule has 0 radical (unpaired) electrons. The second-order valence-corrected chi connectivity index (χ2v) is 7.79. The van der Waals surface area contributed by atoms with Crippen LogP contribution in [0.2, 0.25) is 0 Å². The van der Waals surface area contributed by atoms with Crippen LogP contribution in [-0.2, 0) is 17.7 Å². The van der Waals surface area contributed by atoms with Crippen molar-refractivity contribution in [3.63, 3.8) is 0 Å². The lowest BCUT2D eigenvalue weighted by Crippen LogP contribution is -2.37. The first kappa shape index (κ1) is 22.2. The zero-order valence-electron chi connectivity index (χ0n) is 17.6. The monoisotopic (exact) mass is 404 g/mol. The molecule has 0 spiro atoms. The molecule has 0 bridgehead atoms. The maximum Gasteiger partial charge on any atom is 0.191 e. The molecule has 2 aromatic rings. The molecule has 1 heterocycles. The van der Waals surface area contributed by atoms with Gasteiger partial charge in [-0.25, -0.2) is 4.98 Å². The van der Waals surface area contributed by atoms with E-state index in [-0.39, 0.29) is 0 Å². The van der Waals surface area contributed by atoms with Gasteiger partial charge in [0.25, 0.3) is 0 Å². The van der Waals surface area contributed by atoms with Crippen LogP contribution in [0.1, 0.15) is 33.6 Å². The Balaban J connectivity index is 1.85. The molecule has 0 aliphatic heterocycles. The molecule has 0 atom stereocenters. The summed E-state index contributed by atoms with van der Waals surface area (Å²) in [7, 11) is 1.78. The number of nitrogens with one attached hydrogen (secondary N) is 2. The van der Waals surface area contributed by atoms with E-state index in [1.807, 2.05) is 13.8 Å². The number of aromatic nitrogens is 1. The highest BCUT2D eigenvalue weighted by atomic mass is 32.1. The number of nitrogens with zero attached hydrogens (tertiary/aromatic N) is 2. The van der Waals surface area contributed by atoms with Crippen molar-refractivity contribution in [1.82, 2.24) is 15.6 Å². The van der Waals surface area contributed by atoms with Gasteiger partial charge in [0.15, 0.2) is 5.96 Å². The van der Waals surface area contributed by atoms with Gasteiger partial charge >= 0.3 is 0 Å². The average Bonchev–Trinajstić information content (AvgIpc) is 3.00. The van der Waals surface area contributed by atoms with Crippen LogP contribution in [0.15, 0.2) is 23.2 Å². The van der Waals surface area contributed by atoms with E-state index >= 15 is 0 Å². The van der Waals surface area contributed by atoms with Crippen molar-refractivity contribution < 1.29 is 9.47 Å². The molecule has 0 unspecified atom stereocenters. The Morgan fingerprint density at radius 1 is 1.18 bits per heavy atom. The zero-order chi connectivity index (χ0) is 20.4. The number of hydrogen-bond donors (Lipinski definition) is 2. The third kappa shape index (κ3) is 7.13. The topological polar surface area (TPSA) is 67.8 Å². The molecule has 28 heavy (non-hydrogen) atoms. The van der Waals surface area contributed by atoms with E-state index in [1.54, 1.807) is 18.4 Å². The van der Waals surface area contributed by atoms with E-state index in [0.29, 0.717) is 26.4 Å². The van der Waals surface area contributed by atoms with Gasteiger partial charge in [0.2, 0.25) is 0 Å². The number of aliphatic imine (C=N–C) groups is 1. The molecular formula is C21H32N4O2S. The van der Waals surface area contributed by atoms with Gasteiger partial charge in [0.1, 0.15) is 12.4 Å². The van der Waals surface area contributed by atoms with E-state index in [4.69, 9.17) is 9.47 Å². The lowest BCUT2D eigenvalue weighted by molar-refractivity contribution is 0.110. The Morgan fingerprint density at radius 3 is 2.68 bits per heavy atom. The van der Waals surface area contributed by atoms with Crippen molar-refractivity contribution in [2.24, 2.45) is 4.99 Å². The van der Waals surface area contributed by atoms with Crippen LogP contribution in [0.25, 0.3) is 0 Å². The Bertz CT molecular complexity index is 774. The molecule has 0 aliphatic carbocycles. The summed E-state index contributed by atoms with van der Waals surface area (Å²) in [6.07, 6.45) is 0.939. The summed E-state index contributed by atoms with van der Waals surface area (Å²) in [6, 6.07) is 6.25. The minimum atomic E-state index is 0.547. The second-order valence-electron chi connectivity index (χ2n) is 6.50. The molecule has 1 aromatic heterocycles. The van der Waals surface area contributed by atoms with Crippen molar-refractivity contribution >= 4 is 17.3 Å². The second kappa shape index (κ2) is 11.7. The van der Waals surface area contributed by atoms with Crippen LogP contribution in [0, 0.1) is 20.8 Å². The number of aryl methyl sites for hydroxylation is 3. The zero-order valence-corrected chi connectivity index (χ0v) is 18.4. The molecule has 0 amide bonds. The van der Waals surface area contributed by atoms with Crippen molar-refractivity contribution in [3.8, 4) is 5.75 Å². The molecule has 154 valence electrons. The third-order valence-corrected chi connectivity index (χ3v) is 5.36. The quantitative estimate of drug-likeness (QED) is 0.361. The summed E-state index contributed by atoms with van der Waals surface area (Å²) in [5, 5.41) is 7.86. The van der Waals surface area contributed by atoms with E-state index < -0.39 is 0 Å². The predicted molar refractivity (Wildman–Crippen MR) is 117 cm³/mol. The number of ether oxygens (including phenoxy) is 2. The molecule has 0 fully saturated rings. The third-order valence-electron chi connectivity index (χ3n) is 4.23. The highest BCUT2D eigenvalue weighted by Gasteiger charge is 2.07. The van der Waals surface area contributed by atoms with Gasteiger partial charge in [-0.2, -0.15) is 0 Å². The van der Waals surface area contributed by atoms with Crippen LogP contribution in [0.5, 0.6) is 5.75 Å². The summed E-state index contributed by atoms with van der Waals surface area (Å²) >= 11 is 1.76. The summed E-state index contributed by atoms with van der Waals surface area (Å²) in [6.45, 7) is 11.5. The normalized spacial score (nSPS) is 11.5. The van der Waals surface area contributed by atoms with Crippen molar-refractivity contribution in [2.75, 3.05) is 33.4 Å². The molecule has 2 N–H and O–H groups in total. The van der Waals surface area contributed by atoms with Crippen molar-refractivity contribution in [2.45, 2.75) is 40.7 Å². The fourth-order valence-electron chi connectivity index (χ4n) is 2.80. The van der Waals surface area contributed by atoms with E-state index in [0.717, 1.165) is 40.9 Å². The highest BCUT2D eigenvalue weighted by Crippen LogP contribution is 2.20. The molecule has 2 rings (SSSR count).